The predicted molar refractivity (Wildman–Crippen MR) is 92.4 cm³/mol. The minimum Gasteiger partial charge on any atom is -0.376 e. The monoisotopic (exact) mass is 336 g/mol. The van der Waals surface area contributed by atoms with E-state index in [0.29, 0.717) is 18.9 Å². The van der Waals surface area contributed by atoms with Gasteiger partial charge in [0.15, 0.2) is 0 Å². The molecule has 25 heavy (non-hydrogen) atoms. The number of aromatic nitrogens is 3. The first-order valence-corrected chi connectivity index (χ1v) is 7.96. The Kier molecular flexibility index (Phi) is 3.91. The molecule has 0 saturated carbocycles. The number of rotatable bonds is 3. The van der Waals surface area contributed by atoms with Crippen LogP contribution in [0, 0.1) is 0 Å². The van der Waals surface area contributed by atoms with Gasteiger partial charge in [-0.2, -0.15) is 5.10 Å². The molecule has 0 unspecified atom stereocenters. The molecule has 0 radical (unpaired) electrons. The minimum atomic E-state index is -0.373. The van der Waals surface area contributed by atoms with E-state index in [4.69, 9.17) is 4.74 Å². The van der Waals surface area contributed by atoms with Crippen molar-refractivity contribution in [3.8, 4) is 11.3 Å². The quantitative estimate of drug-likeness (QED) is 0.682. The summed E-state index contributed by atoms with van der Waals surface area (Å²) >= 11 is 0. The molecule has 1 aliphatic rings. The Morgan fingerprint density at radius 3 is 2.96 bits per heavy atom. The lowest BCUT2D eigenvalue weighted by molar-refractivity contribution is 0.102. The number of carbonyl (C=O) groups is 1. The first-order chi connectivity index (χ1) is 12.2. The van der Waals surface area contributed by atoms with E-state index in [0.717, 1.165) is 28.9 Å². The molecule has 126 valence electrons. The molecule has 4 rings (SSSR count). The highest BCUT2D eigenvalue weighted by Crippen LogP contribution is 2.28. The van der Waals surface area contributed by atoms with Crippen LogP contribution in [0.4, 0.5) is 5.69 Å². The van der Waals surface area contributed by atoms with Crippen molar-refractivity contribution in [2.24, 2.45) is 0 Å². The number of aromatic amines is 2. The number of amides is 1. The van der Waals surface area contributed by atoms with E-state index < -0.39 is 0 Å². The normalized spacial score (nSPS) is 13.3. The van der Waals surface area contributed by atoms with E-state index in [1.54, 1.807) is 18.2 Å². The Morgan fingerprint density at radius 1 is 1.20 bits per heavy atom. The Morgan fingerprint density at radius 2 is 2.08 bits per heavy atom. The highest BCUT2D eigenvalue weighted by molar-refractivity contribution is 6.03. The van der Waals surface area contributed by atoms with Gasteiger partial charge in [-0.3, -0.25) is 14.7 Å². The van der Waals surface area contributed by atoms with Crippen LogP contribution in [0.15, 0.2) is 47.3 Å². The lowest BCUT2D eigenvalue weighted by Crippen LogP contribution is -2.17. The van der Waals surface area contributed by atoms with Crippen LogP contribution in [0.5, 0.6) is 0 Å². The highest BCUT2D eigenvalue weighted by atomic mass is 16.5. The Labute approximate surface area is 143 Å². The lowest BCUT2D eigenvalue weighted by atomic mass is 10.0. The molecule has 3 N–H and O–H groups in total. The molecule has 7 nitrogen and oxygen atoms in total. The number of hydrogen-bond donors (Lipinski definition) is 3. The maximum atomic E-state index is 12.3. The van der Waals surface area contributed by atoms with E-state index >= 15 is 0 Å². The van der Waals surface area contributed by atoms with E-state index in [2.05, 4.69) is 20.5 Å². The van der Waals surface area contributed by atoms with Crippen molar-refractivity contribution in [3.63, 3.8) is 0 Å². The van der Waals surface area contributed by atoms with Crippen LogP contribution in [0.1, 0.15) is 21.7 Å². The lowest BCUT2D eigenvalue weighted by Gasteiger charge is -2.13. The summed E-state index contributed by atoms with van der Waals surface area (Å²) in [6.45, 7) is 1.23. The van der Waals surface area contributed by atoms with Gasteiger partial charge in [0.2, 0.25) is 5.56 Å². The molecule has 3 heterocycles. The van der Waals surface area contributed by atoms with E-state index in [1.807, 2.05) is 18.2 Å². The van der Waals surface area contributed by atoms with Crippen LogP contribution in [-0.2, 0) is 17.8 Å². The van der Waals surface area contributed by atoms with Gasteiger partial charge in [-0.25, -0.2) is 0 Å². The van der Waals surface area contributed by atoms with E-state index in [-0.39, 0.29) is 17.2 Å². The third-order valence-electron chi connectivity index (χ3n) is 4.10. The van der Waals surface area contributed by atoms with Crippen molar-refractivity contribution in [2.75, 3.05) is 11.9 Å². The summed E-state index contributed by atoms with van der Waals surface area (Å²) in [5.74, 6) is -0.373. The van der Waals surface area contributed by atoms with Gasteiger partial charge in [-0.05, 0) is 18.2 Å². The Balaban J connectivity index is 1.61. The molecule has 0 atom stereocenters. The van der Waals surface area contributed by atoms with Crippen LogP contribution >= 0.6 is 0 Å². The van der Waals surface area contributed by atoms with Crippen molar-refractivity contribution in [2.45, 2.75) is 13.0 Å². The number of fused-ring (bicyclic) bond motifs is 1. The molecule has 0 fully saturated rings. The Hall–Kier alpha value is -3.19. The number of carbonyl (C=O) groups excluding carboxylic acids is 1. The van der Waals surface area contributed by atoms with Crippen LogP contribution in [0.3, 0.4) is 0 Å². The fourth-order valence-electron chi connectivity index (χ4n) is 2.87. The summed E-state index contributed by atoms with van der Waals surface area (Å²) in [4.78, 5) is 26.1. The molecule has 3 aromatic rings. The van der Waals surface area contributed by atoms with Crippen molar-refractivity contribution >= 4 is 11.6 Å². The first-order valence-electron chi connectivity index (χ1n) is 7.96. The van der Waals surface area contributed by atoms with Crippen molar-refractivity contribution in [3.05, 3.63) is 69.8 Å². The highest BCUT2D eigenvalue weighted by Gasteiger charge is 2.18. The zero-order valence-corrected chi connectivity index (χ0v) is 13.3. The van der Waals surface area contributed by atoms with Gasteiger partial charge in [-0.15, -0.1) is 0 Å². The fourth-order valence-corrected chi connectivity index (χ4v) is 2.87. The maximum Gasteiger partial charge on any atom is 0.272 e. The van der Waals surface area contributed by atoms with Crippen LogP contribution in [0.2, 0.25) is 0 Å². The van der Waals surface area contributed by atoms with Gasteiger partial charge >= 0.3 is 0 Å². The van der Waals surface area contributed by atoms with Gasteiger partial charge in [0, 0.05) is 35.0 Å². The average Bonchev–Trinajstić information content (AvgIpc) is 3.06. The Bertz CT molecular complexity index is 990. The predicted octanol–water partition coefficient (Wildman–Crippen LogP) is 2.09. The van der Waals surface area contributed by atoms with Crippen molar-refractivity contribution < 1.29 is 9.53 Å². The number of benzene rings is 1. The third-order valence-corrected chi connectivity index (χ3v) is 4.10. The van der Waals surface area contributed by atoms with Crippen LogP contribution in [-0.4, -0.2) is 27.7 Å². The number of nitrogens with zero attached hydrogens (tertiary/aromatic N) is 1. The largest absolute Gasteiger partial charge is 0.376 e. The topological polar surface area (TPSA) is 99.9 Å². The number of nitrogens with one attached hydrogen (secondary N) is 3. The second kappa shape index (κ2) is 6.37. The maximum absolute atomic E-state index is 12.3. The van der Waals surface area contributed by atoms with Crippen molar-refractivity contribution in [1.82, 2.24) is 15.2 Å². The summed E-state index contributed by atoms with van der Waals surface area (Å²) in [5.41, 5.74) is 4.40. The molecule has 1 amide bonds. The molecular formula is C18H16N4O3. The molecule has 0 bridgehead atoms. The van der Waals surface area contributed by atoms with Crippen molar-refractivity contribution in [1.29, 1.82) is 0 Å². The molecule has 1 aromatic carbocycles. The summed E-state index contributed by atoms with van der Waals surface area (Å²) < 4.78 is 5.52. The van der Waals surface area contributed by atoms with Gasteiger partial charge < -0.3 is 15.0 Å². The average molecular weight is 336 g/mol. The molecule has 2 aromatic heterocycles. The van der Waals surface area contributed by atoms with Gasteiger partial charge in [-0.1, -0.05) is 18.2 Å². The zero-order chi connectivity index (χ0) is 17.2. The molecule has 0 saturated heterocycles. The molecule has 7 heteroatoms. The number of hydrogen-bond acceptors (Lipinski definition) is 4. The first kappa shape index (κ1) is 15.3. The number of pyridine rings is 1. The summed E-state index contributed by atoms with van der Waals surface area (Å²) in [5, 5.41) is 10.2. The third kappa shape index (κ3) is 3.09. The smallest absolute Gasteiger partial charge is 0.272 e. The molecule has 1 aliphatic heterocycles. The summed E-state index contributed by atoms with van der Waals surface area (Å²) in [7, 11) is 0. The van der Waals surface area contributed by atoms with Crippen LogP contribution < -0.4 is 10.9 Å². The second-order valence-corrected chi connectivity index (χ2v) is 5.80. The number of H-pyrrole nitrogens is 2. The molecule has 0 aliphatic carbocycles. The van der Waals surface area contributed by atoms with E-state index in [9.17, 15) is 9.59 Å². The zero-order valence-electron chi connectivity index (χ0n) is 13.3. The minimum absolute atomic E-state index is 0.212. The van der Waals surface area contributed by atoms with Gasteiger partial charge in [0.25, 0.3) is 5.91 Å². The summed E-state index contributed by atoms with van der Waals surface area (Å²) in [6.07, 6.45) is 0.820. The van der Waals surface area contributed by atoms with Crippen LogP contribution in [0.25, 0.3) is 11.3 Å². The molecule has 0 spiro atoms. The van der Waals surface area contributed by atoms with E-state index in [1.165, 1.54) is 6.07 Å². The van der Waals surface area contributed by atoms with Gasteiger partial charge in [0.1, 0.15) is 5.69 Å². The second-order valence-electron chi connectivity index (χ2n) is 5.80. The fraction of sp³-hybridized carbons (Fsp3) is 0.167. The number of anilines is 1. The summed E-state index contributed by atoms with van der Waals surface area (Å²) in [6, 6.07) is 11.9. The SMILES string of the molecule is O=C(Nc1cccc(-c2n[nH]c3c2COCC3)c1)c1cccc(=O)[nH]1. The standard InChI is InChI=1S/C18H16N4O3/c23-16-6-2-5-15(20-16)18(24)19-12-4-1-3-11(9-12)17-13-10-25-8-7-14(13)21-22-17/h1-6,9H,7-8,10H2,(H,19,24)(H,20,23)(H,21,22). The van der Waals surface area contributed by atoms with Gasteiger partial charge in [0.05, 0.1) is 18.9 Å². The molecular weight excluding hydrogens is 320 g/mol. The number of ether oxygens (including phenoxy) is 1.